The average Bonchev–Trinajstić information content (AvgIpc) is 2.71. The van der Waals surface area contributed by atoms with E-state index in [1.807, 2.05) is 18.2 Å². The Morgan fingerprint density at radius 2 is 1.72 bits per heavy atom. The first-order chi connectivity index (χ1) is 13.9. The molecule has 1 aromatic carbocycles. The fourth-order valence-electron chi connectivity index (χ4n) is 3.44. The lowest BCUT2D eigenvalue weighted by Crippen LogP contribution is -2.57. The molecule has 29 heavy (non-hydrogen) atoms. The molecular weight excluding hydrogens is 378 g/mol. The Labute approximate surface area is 169 Å². The van der Waals surface area contributed by atoms with Gasteiger partial charge in [0.15, 0.2) is 12.3 Å². The molecule has 9 heteroatoms. The summed E-state index contributed by atoms with van der Waals surface area (Å²) in [6.45, 7) is 0.0453. The Hall–Kier alpha value is -2.65. The van der Waals surface area contributed by atoms with Crippen molar-refractivity contribution in [3.63, 3.8) is 0 Å². The largest absolute Gasteiger partial charge is 0.445 e. The summed E-state index contributed by atoms with van der Waals surface area (Å²) < 4.78 is 5.18. The Bertz CT molecular complexity index is 676. The summed E-state index contributed by atoms with van der Waals surface area (Å²) in [4.78, 5) is 36.2. The van der Waals surface area contributed by atoms with E-state index in [0.717, 1.165) is 37.7 Å². The van der Waals surface area contributed by atoms with E-state index in [4.69, 9.17) is 10.5 Å². The summed E-state index contributed by atoms with van der Waals surface area (Å²) in [5, 5.41) is 23.2. The van der Waals surface area contributed by atoms with Crippen molar-refractivity contribution in [1.29, 1.82) is 0 Å². The van der Waals surface area contributed by atoms with E-state index in [1.165, 1.54) is 0 Å². The number of rotatable bonds is 9. The molecule has 2 atom stereocenters. The standard InChI is InChI=1S/C20H29N3O6/c21-17(24)16(19(26)27)23-18(25)15(11-13-7-3-1-4-8-13)22-20(28)29-12-14-9-5-2-6-10-14/h2,5-6,9-10,13,15-16,19,26-27H,1,3-4,7-8,11-12H2,(H2,21,24)(H,22,28)(H,23,25)/t15-,16?/m0/s1. The van der Waals surface area contributed by atoms with E-state index in [1.54, 1.807) is 12.1 Å². The maximum atomic E-state index is 12.6. The Morgan fingerprint density at radius 1 is 1.07 bits per heavy atom. The highest BCUT2D eigenvalue weighted by Crippen LogP contribution is 2.27. The van der Waals surface area contributed by atoms with Crippen LogP contribution < -0.4 is 16.4 Å². The van der Waals surface area contributed by atoms with Crippen LogP contribution in [-0.2, 0) is 20.9 Å². The summed E-state index contributed by atoms with van der Waals surface area (Å²) in [5.41, 5.74) is 5.90. The fourth-order valence-corrected chi connectivity index (χ4v) is 3.44. The Balaban J connectivity index is 1.99. The zero-order valence-electron chi connectivity index (χ0n) is 16.3. The van der Waals surface area contributed by atoms with Crippen molar-refractivity contribution >= 4 is 17.9 Å². The molecule has 1 saturated carbocycles. The van der Waals surface area contributed by atoms with Crippen molar-refractivity contribution in [2.75, 3.05) is 0 Å². The first kappa shape index (κ1) is 22.6. The van der Waals surface area contributed by atoms with Gasteiger partial charge in [-0.05, 0) is 17.9 Å². The highest BCUT2D eigenvalue weighted by atomic mass is 16.5. The molecule has 0 heterocycles. The monoisotopic (exact) mass is 407 g/mol. The zero-order valence-corrected chi connectivity index (χ0v) is 16.3. The molecule has 0 spiro atoms. The van der Waals surface area contributed by atoms with Gasteiger partial charge in [-0.3, -0.25) is 9.59 Å². The molecule has 0 aromatic heterocycles. The highest BCUT2D eigenvalue weighted by molar-refractivity contribution is 5.90. The van der Waals surface area contributed by atoms with Gasteiger partial charge in [-0.15, -0.1) is 0 Å². The molecule has 1 fully saturated rings. The molecule has 0 aliphatic heterocycles. The lowest BCUT2D eigenvalue weighted by molar-refractivity contribution is -0.140. The number of aliphatic hydroxyl groups is 2. The van der Waals surface area contributed by atoms with Gasteiger partial charge in [-0.1, -0.05) is 62.4 Å². The van der Waals surface area contributed by atoms with Crippen LogP contribution in [0.2, 0.25) is 0 Å². The Kier molecular flexibility index (Phi) is 8.88. The molecule has 6 N–H and O–H groups in total. The molecule has 160 valence electrons. The van der Waals surface area contributed by atoms with Gasteiger partial charge < -0.3 is 31.3 Å². The number of carbonyl (C=O) groups is 3. The number of nitrogens with two attached hydrogens (primary N) is 1. The molecular formula is C20H29N3O6. The van der Waals surface area contributed by atoms with Gasteiger partial charge in [0.1, 0.15) is 12.6 Å². The maximum absolute atomic E-state index is 12.6. The molecule has 1 unspecified atom stereocenters. The quantitative estimate of drug-likeness (QED) is 0.377. The summed E-state index contributed by atoms with van der Waals surface area (Å²) in [7, 11) is 0. The highest BCUT2D eigenvalue weighted by Gasteiger charge is 2.31. The molecule has 9 nitrogen and oxygen atoms in total. The average molecular weight is 407 g/mol. The minimum atomic E-state index is -2.14. The predicted octanol–water partition coefficient (Wildman–Crippen LogP) is 0.533. The van der Waals surface area contributed by atoms with Crippen LogP contribution in [0.5, 0.6) is 0 Å². The molecule has 0 radical (unpaired) electrons. The van der Waals surface area contributed by atoms with Crippen molar-refractivity contribution in [2.24, 2.45) is 11.7 Å². The van der Waals surface area contributed by atoms with E-state index in [9.17, 15) is 24.6 Å². The van der Waals surface area contributed by atoms with Crippen LogP contribution in [0.25, 0.3) is 0 Å². The number of hydrogen-bond donors (Lipinski definition) is 5. The number of primary amides is 1. The number of nitrogens with one attached hydrogen (secondary N) is 2. The van der Waals surface area contributed by atoms with Gasteiger partial charge in [0.25, 0.3) is 0 Å². The SMILES string of the molecule is NC(=O)C(NC(=O)[C@H](CC1CCCCC1)NC(=O)OCc1ccccc1)C(O)O. The van der Waals surface area contributed by atoms with E-state index in [0.29, 0.717) is 6.42 Å². The van der Waals surface area contributed by atoms with Crippen LogP contribution >= 0.6 is 0 Å². The first-order valence-electron chi connectivity index (χ1n) is 9.80. The minimum Gasteiger partial charge on any atom is -0.445 e. The number of ether oxygens (including phenoxy) is 1. The number of carbonyl (C=O) groups excluding carboxylic acids is 3. The number of alkyl carbamates (subject to hydrolysis) is 1. The van der Waals surface area contributed by atoms with E-state index >= 15 is 0 Å². The third kappa shape index (κ3) is 7.71. The first-order valence-corrected chi connectivity index (χ1v) is 9.80. The molecule has 0 bridgehead atoms. The van der Waals surface area contributed by atoms with Crippen molar-refractivity contribution in [1.82, 2.24) is 10.6 Å². The second kappa shape index (κ2) is 11.4. The topological polar surface area (TPSA) is 151 Å². The normalized spacial score (nSPS) is 16.7. The van der Waals surface area contributed by atoms with Gasteiger partial charge in [0.05, 0.1) is 0 Å². The predicted molar refractivity (Wildman–Crippen MR) is 104 cm³/mol. The third-order valence-corrected chi connectivity index (χ3v) is 5.02. The van der Waals surface area contributed by atoms with Crippen molar-refractivity contribution < 1.29 is 29.3 Å². The summed E-state index contributed by atoms with van der Waals surface area (Å²) in [6, 6.07) is 6.44. The molecule has 3 amide bonds. The van der Waals surface area contributed by atoms with Crippen LogP contribution in [0.4, 0.5) is 4.79 Å². The van der Waals surface area contributed by atoms with Crippen molar-refractivity contribution in [3.8, 4) is 0 Å². The second-order valence-corrected chi connectivity index (χ2v) is 7.30. The van der Waals surface area contributed by atoms with Gasteiger partial charge in [0.2, 0.25) is 11.8 Å². The number of amides is 3. The van der Waals surface area contributed by atoms with Crippen LogP contribution in [0.1, 0.15) is 44.1 Å². The molecule has 1 aliphatic rings. The smallest absolute Gasteiger partial charge is 0.408 e. The van der Waals surface area contributed by atoms with E-state index < -0.39 is 36.3 Å². The lowest BCUT2D eigenvalue weighted by atomic mass is 9.84. The van der Waals surface area contributed by atoms with Crippen LogP contribution in [0, 0.1) is 5.92 Å². The van der Waals surface area contributed by atoms with E-state index in [2.05, 4.69) is 10.6 Å². The molecule has 2 rings (SSSR count). The van der Waals surface area contributed by atoms with Gasteiger partial charge >= 0.3 is 6.09 Å². The zero-order chi connectivity index (χ0) is 21.2. The second-order valence-electron chi connectivity index (χ2n) is 7.30. The third-order valence-electron chi connectivity index (χ3n) is 5.02. The lowest BCUT2D eigenvalue weighted by Gasteiger charge is -2.27. The fraction of sp³-hybridized carbons (Fsp3) is 0.550. The summed E-state index contributed by atoms with van der Waals surface area (Å²) >= 11 is 0. The number of benzene rings is 1. The molecule has 1 aliphatic carbocycles. The van der Waals surface area contributed by atoms with Gasteiger partial charge in [-0.2, -0.15) is 0 Å². The molecule has 1 aromatic rings. The minimum absolute atomic E-state index is 0.0453. The van der Waals surface area contributed by atoms with Crippen molar-refractivity contribution in [3.05, 3.63) is 35.9 Å². The number of hydrogen-bond acceptors (Lipinski definition) is 6. The Morgan fingerprint density at radius 3 is 2.31 bits per heavy atom. The summed E-state index contributed by atoms with van der Waals surface area (Å²) in [5.74, 6) is -1.57. The van der Waals surface area contributed by atoms with E-state index in [-0.39, 0.29) is 12.5 Å². The van der Waals surface area contributed by atoms with Crippen LogP contribution in [-0.4, -0.2) is 46.5 Å². The number of aliphatic hydroxyl groups excluding tert-OH is 1. The maximum Gasteiger partial charge on any atom is 0.408 e. The summed E-state index contributed by atoms with van der Waals surface area (Å²) in [6.07, 6.45) is 2.56. The van der Waals surface area contributed by atoms with Crippen LogP contribution in [0.3, 0.4) is 0 Å². The van der Waals surface area contributed by atoms with Crippen LogP contribution in [0.15, 0.2) is 30.3 Å². The van der Waals surface area contributed by atoms with Gasteiger partial charge in [0, 0.05) is 0 Å². The van der Waals surface area contributed by atoms with Gasteiger partial charge in [-0.25, -0.2) is 4.79 Å². The van der Waals surface area contributed by atoms with Crippen molar-refractivity contribution in [2.45, 2.75) is 63.5 Å². The molecule has 0 saturated heterocycles.